The Morgan fingerprint density at radius 1 is 0.805 bits per heavy atom. The molecule has 0 unspecified atom stereocenters. The predicted molar refractivity (Wildman–Crippen MR) is 166 cm³/mol. The molecule has 0 aliphatic heterocycles. The summed E-state index contributed by atoms with van der Waals surface area (Å²) in [6.45, 7) is 0. The smallest absolute Gasteiger partial charge is 0.272 e. The van der Waals surface area contributed by atoms with Crippen LogP contribution in [0.3, 0.4) is 0 Å². The van der Waals surface area contributed by atoms with Crippen LogP contribution < -0.4 is 16.0 Å². The average Bonchev–Trinajstić information content (AvgIpc) is 3.39. The maximum atomic E-state index is 13.5. The highest BCUT2D eigenvalue weighted by Crippen LogP contribution is 2.24. The van der Waals surface area contributed by atoms with Gasteiger partial charge in [0.2, 0.25) is 5.91 Å². The molecule has 41 heavy (non-hydrogen) atoms. The Kier molecular flexibility index (Phi) is 8.83. The summed E-state index contributed by atoms with van der Waals surface area (Å²) in [5.41, 5.74) is 3.33. The van der Waals surface area contributed by atoms with Gasteiger partial charge < -0.3 is 20.9 Å². The zero-order valence-electron chi connectivity index (χ0n) is 21.7. The maximum Gasteiger partial charge on any atom is 0.272 e. The number of fused-ring (bicyclic) bond motifs is 1. The van der Waals surface area contributed by atoms with Crippen LogP contribution in [0.15, 0.2) is 120 Å². The third-order valence-electron chi connectivity index (χ3n) is 6.02. The molecule has 9 heteroatoms. The second-order valence-corrected chi connectivity index (χ2v) is 10.5. The van der Waals surface area contributed by atoms with Crippen LogP contribution in [0.2, 0.25) is 5.02 Å². The zero-order valence-corrected chi connectivity index (χ0v) is 23.3. The highest BCUT2D eigenvalue weighted by molar-refractivity contribution is 8.00. The number of aromatic nitrogens is 1. The zero-order chi connectivity index (χ0) is 28.6. The number of aromatic amines is 1. The number of benzene rings is 4. The van der Waals surface area contributed by atoms with E-state index in [4.69, 9.17) is 11.6 Å². The lowest BCUT2D eigenvalue weighted by molar-refractivity contribution is -0.114. The molecule has 0 aliphatic rings. The van der Waals surface area contributed by atoms with Crippen molar-refractivity contribution >= 4 is 69.4 Å². The number of anilines is 2. The fraction of sp³-hybridized carbons (Fsp3) is 0.0312. The number of thioether (sulfide) groups is 1. The summed E-state index contributed by atoms with van der Waals surface area (Å²) in [5.74, 6) is -0.899. The number of nitrogens with one attached hydrogen (secondary N) is 4. The second-order valence-electron chi connectivity index (χ2n) is 9.00. The third kappa shape index (κ3) is 7.45. The number of rotatable bonds is 9. The van der Waals surface area contributed by atoms with Crippen molar-refractivity contribution in [2.75, 3.05) is 16.4 Å². The van der Waals surface area contributed by atoms with Gasteiger partial charge in [-0.2, -0.15) is 0 Å². The number of hydrogen-bond donors (Lipinski definition) is 4. The average molecular weight is 581 g/mol. The van der Waals surface area contributed by atoms with Crippen molar-refractivity contribution in [1.29, 1.82) is 0 Å². The van der Waals surface area contributed by atoms with Crippen LogP contribution in [-0.2, 0) is 9.59 Å². The molecule has 0 aliphatic carbocycles. The monoisotopic (exact) mass is 580 g/mol. The van der Waals surface area contributed by atoms with Crippen LogP contribution in [0.5, 0.6) is 0 Å². The van der Waals surface area contributed by atoms with Crippen molar-refractivity contribution in [3.8, 4) is 0 Å². The Labute approximate surface area is 246 Å². The molecule has 5 aromatic rings. The molecule has 1 heterocycles. The fourth-order valence-corrected chi connectivity index (χ4v) is 5.03. The van der Waals surface area contributed by atoms with E-state index in [1.807, 2.05) is 36.4 Å². The minimum absolute atomic E-state index is 0.0857. The van der Waals surface area contributed by atoms with Gasteiger partial charge in [0, 0.05) is 49.5 Å². The van der Waals surface area contributed by atoms with E-state index >= 15 is 0 Å². The largest absolute Gasteiger partial charge is 0.361 e. The van der Waals surface area contributed by atoms with Crippen molar-refractivity contribution in [2.45, 2.75) is 4.90 Å². The number of carbonyl (C=O) groups excluding carboxylic acids is 3. The number of amides is 3. The molecule has 0 bridgehead atoms. The van der Waals surface area contributed by atoms with E-state index in [2.05, 4.69) is 20.9 Å². The van der Waals surface area contributed by atoms with E-state index in [1.165, 1.54) is 11.8 Å². The molecule has 7 nitrogen and oxygen atoms in total. The molecule has 4 aromatic carbocycles. The first-order chi connectivity index (χ1) is 19.9. The molecular formula is C32H25ClN4O3S. The molecule has 0 atom stereocenters. The van der Waals surface area contributed by atoms with Crippen molar-refractivity contribution in [2.24, 2.45) is 0 Å². The molecular weight excluding hydrogens is 556 g/mol. The first-order valence-electron chi connectivity index (χ1n) is 12.7. The van der Waals surface area contributed by atoms with Crippen molar-refractivity contribution in [3.63, 3.8) is 0 Å². The number of hydrogen-bond acceptors (Lipinski definition) is 4. The van der Waals surface area contributed by atoms with E-state index in [-0.39, 0.29) is 17.4 Å². The lowest BCUT2D eigenvalue weighted by Crippen LogP contribution is -2.30. The van der Waals surface area contributed by atoms with Gasteiger partial charge in [-0.05, 0) is 60.7 Å². The van der Waals surface area contributed by atoms with Gasteiger partial charge in [-0.3, -0.25) is 14.4 Å². The van der Waals surface area contributed by atoms with Crippen LogP contribution in [0.1, 0.15) is 15.9 Å². The number of H-pyrrole nitrogens is 1. The molecule has 3 amide bonds. The van der Waals surface area contributed by atoms with Gasteiger partial charge in [-0.25, -0.2) is 0 Å². The summed E-state index contributed by atoms with van der Waals surface area (Å²) in [5, 5.41) is 9.91. The SMILES string of the molecule is O=C(CSc1cccc(NC(=O)/C(=C/c2c[nH]c3ccccc23)NC(=O)c2ccccc2)c1)Nc1cccc(Cl)c1. The molecule has 4 N–H and O–H groups in total. The minimum atomic E-state index is -0.486. The molecule has 0 spiro atoms. The van der Waals surface area contributed by atoms with Gasteiger partial charge in [-0.1, -0.05) is 60.1 Å². The van der Waals surface area contributed by atoms with Gasteiger partial charge in [0.05, 0.1) is 5.75 Å². The van der Waals surface area contributed by atoms with Crippen LogP contribution in [0, 0.1) is 0 Å². The standard InChI is InChI=1S/C32H25ClN4O3S/c33-23-10-6-11-24(17-23)35-30(38)20-41-26-13-7-12-25(18-26)36-32(40)29(37-31(39)21-8-2-1-3-9-21)16-22-19-34-28-15-5-4-14-27(22)28/h1-19,34H,20H2,(H,35,38)(H,36,40)(H,37,39)/b29-16-. The molecule has 1 aromatic heterocycles. The first kappa shape index (κ1) is 27.8. The van der Waals surface area contributed by atoms with E-state index in [9.17, 15) is 14.4 Å². The van der Waals surface area contributed by atoms with Crippen LogP contribution in [-0.4, -0.2) is 28.5 Å². The summed E-state index contributed by atoms with van der Waals surface area (Å²) in [6, 6.07) is 30.5. The van der Waals surface area contributed by atoms with Gasteiger partial charge in [-0.15, -0.1) is 11.8 Å². The number of para-hydroxylation sites is 1. The third-order valence-corrected chi connectivity index (χ3v) is 7.25. The Morgan fingerprint density at radius 3 is 2.34 bits per heavy atom. The Hall–Kier alpha value is -4.79. The quantitative estimate of drug-likeness (QED) is 0.112. The molecule has 0 fully saturated rings. The summed E-state index contributed by atoms with van der Waals surface area (Å²) in [6.07, 6.45) is 3.44. The lowest BCUT2D eigenvalue weighted by Gasteiger charge is -2.12. The van der Waals surface area contributed by atoms with Crippen LogP contribution in [0.4, 0.5) is 11.4 Å². The first-order valence-corrected chi connectivity index (χ1v) is 14.0. The number of halogens is 1. The van der Waals surface area contributed by atoms with Crippen molar-refractivity contribution in [3.05, 3.63) is 131 Å². The second kappa shape index (κ2) is 13.0. The van der Waals surface area contributed by atoms with Crippen LogP contribution >= 0.6 is 23.4 Å². The topological polar surface area (TPSA) is 103 Å². The summed E-state index contributed by atoms with van der Waals surface area (Å²) >= 11 is 7.32. The van der Waals surface area contributed by atoms with Crippen LogP contribution in [0.25, 0.3) is 17.0 Å². The van der Waals surface area contributed by atoms with Crippen molar-refractivity contribution in [1.82, 2.24) is 10.3 Å². The fourth-order valence-electron chi connectivity index (χ4n) is 4.09. The van der Waals surface area contributed by atoms with E-state index < -0.39 is 11.8 Å². The van der Waals surface area contributed by atoms with E-state index in [0.717, 1.165) is 21.4 Å². The van der Waals surface area contributed by atoms with Gasteiger partial charge in [0.15, 0.2) is 0 Å². The Morgan fingerprint density at radius 2 is 1.54 bits per heavy atom. The minimum Gasteiger partial charge on any atom is -0.361 e. The highest BCUT2D eigenvalue weighted by Gasteiger charge is 2.16. The Bertz CT molecular complexity index is 1750. The molecule has 0 saturated carbocycles. The normalized spacial score (nSPS) is 11.2. The van der Waals surface area contributed by atoms with E-state index in [0.29, 0.717) is 22.0 Å². The van der Waals surface area contributed by atoms with Gasteiger partial charge in [0.1, 0.15) is 5.70 Å². The van der Waals surface area contributed by atoms with Gasteiger partial charge >= 0.3 is 0 Å². The van der Waals surface area contributed by atoms with Gasteiger partial charge in [0.25, 0.3) is 11.8 Å². The predicted octanol–water partition coefficient (Wildman–Crippen LogP) is 6.96. The molecule has 0 saturated heterocycles. The summed E-state index contributed by atoms with van der Waals surface area (Å²) in [7, 11) is 0. The Balaban J connectivity index is 1.31. The summed E-state index contributed by atoms with van der Waals surface area (Å²) in [4.78, 5) is 42.8. The highest BCUT2D eigenvalue weighted by atomic mass is 35.5. The number of carbonyl (C=O) groups is 3. The maximum absolute atomic E-state index is 13.5. The molecule has 204 valence electrons. The van der Waals surface area contributed by atoms with Crippen molar-refractivity contribution < 1.29 is 14.4 Å². The summed E-state index contributed by atoms with van der Waals surface area (Å²) < 4.78 is 0. The van der Waals surface area contributed by atoms with E-state index in [1.54, 1.807) is 79.0 Å². The molecule has 0 radical (unpaired) electrons. The lowest BCUT2D eigenvalue weighted by atomic mass is 10.1. The molecule has 5 rings (SSSR count).